The molecule has 0 fully saturated rings. The molecule has 0 aromatic heterocycles. The minimum absolute atomic E-state index is 0.116. The molecule has 4 heteroatoms. The van der Waals surface area contributed by atoms with Gasteiger partial charge in [-0.25, -0.2) is 4.39 Å². The van der Waals surface area contributed by atoms with Gasteiger partial charge in [0, 0.05) is 0 Å². The molecule has 0 bridgehead atoms. The highest BCUT2D eigenvalue weighted by Crippen LogP contribution is 2.16. The first kappa shape index (κ1) is 11.9. The van der Waals surface area contributed by atoms with Crippen LogP contribution in [0.1, 0.15) is 11.1 Å². The summed E-state index contributed by atoms with van der Waals surface area (Å²) in [6.07, 6.45) is 0. The van der Waals surface area contributed by atoms with Crippen LogP contribution in [0.25, 0.3) is 0 Å². The average molecular weight is 242 g/mol. The predicted molar refractivity (Wildman–Crippen MR) is 66.3 cm³/mol. The zero-order valence-corrected chi connectivity index (χ0v) is 9.56. The molecule has 0 aliphatic heterocycles. The number of rotatable bonds is 3. The van der Waals surface area contributed by atoms with Crippen molar-refractivity contribution in [2.24, 2.45) is 0 Å². The van der Waals surface area contributed by atoms with E-state index in [0.29, 0.717) is 16.9 Å². The van der Waals surface area contributed by atoms with Crippen LogP contribution in [0.3, 0.4) is 0 Å². The molecule has 0 aliphatic rings. The Hall–Kier alpha value is -2.54. The zero-order valence-electron chi connectivity index (χ0n) is 9.56. The van der Waals surface area contributed by atoms with Crippen LogP contribution < -0.4 is 10.5 Å². The van der Waals surface area contributed by atoms with Crippen molar-refractivity contribution >= 4 is 5.69 Å². The first-order valence-corrected chi connectivity index (χ1v) is 5.36. The monoisotopic (exact) mass is 242 g/mol. The summed E-state index contributed by atoms with van der Waals surface area (Å²) >= 11 is 0. The van der Waals surface area contributed by atoms with Crippen molar-refractivity contribution in [2.45, 2.75) is 6.61 Å². The summed E-state index contributed by atoms with van der Waals surface area (Å²) in [4.78, 5) is 0. The maximum atomic E-state index is 13.2. The fraction of sp³-hybridized carbons (Fsp3) is 0.0714. The van der Waals surface area contributed by atoms with Crippen LogP contribution in [0.5, 0.6) is 5.75 Å². The van der Waals surface area contributed by atoms with Gasteiger partial charge in [-0.05, 0) is 35.9 Å². The van der Waals surface area contributed by atoms with E-state index in [2.05, 4.69) is 0 Å². The normalized spacial score (nSPS) is 9.78. The second-order valence-corrected chi connectivity index (χ2v) is 3.78. The topological polar surface area (TPSA) is 59.0 Å². The molecule has 2 rings (SSSR count). The molecule has 3 nitrogen and oxygen atoms in total. The molecule has 2 aromatic rings. The Kier molecular flexibility index (Phi) is 3.44. The number of halogens is 1. The van der Waals surface area contributed by atoms with E-state index in [-0.39, 0.29) is 12.3 Å². The summed E-state index contributed by atoms with van der Waals surface area (Å²) in [5, 5.41) is 8.75. The number of hydrogen-bond donors (Lipinski definition) is 1. The van der Waals surface area contributed by atoms with Crippen molar-refractivity contribution in [2.75, 3.05) is 5.73 Å². The first-order chi connectivity index (χ1) is 8.69. The van der Waals surface area contributed by atoms with Gasteiger partial charge in [0.25, 0.3) is 0 Å². The molecule has 0 heterocycles. The molecule has 0 radical (unpaired) electrons. The molecule has 0 amide bonds. The summed E-state index contributed by atoms with van der Waals surface area (Å²) in [5.74, 6) is 0.119. The van der Waals surface area contributed by atoms with Crippen molar-refractivity contribution in [3.63, 3.8) is 0 Å². The highest BCUT2D eigenvalue weighted by atomic mass is 19.1. The van der Waals surface area contributed by atoms with Gasteiger partial charge in [-0.3, -0.25) is 0 Å². The summed E-state index contributed by atoms with van der Waals surface area (Å²) < 4.78 is 18.7. The molecule has 2 aromatic carbocycles. The maximum Gasteiger partial charge on any atom is 0.146 e. The van der Waals surface area contributed by atoms with Crippen molar-refractivity contribution < 1.29 is 9.13 Å². The third-order valence-electron chi connectivity index (χ3n) is 2.43. The van der Waals surface area contributed by atoms with E-state index in [1.54, 1.807) is 30.3 Å². The Morgan fingerprint density at radius 3 is 2.78 bits per heavy atom. The quantitative estimate of drug-likeness (QED) is 0.842. The number of nitriles is 1. The standard InChI is InChI=1S/C14H11FN2O/c15-13-7-11(4-5-14(13)17)9-18-12-3-1-2-10(6-12)8-16/h1-7H,9,17H2. The van der Waals surface area contributed by atoms with E-state index >= 15 is 0 Å². The van der Waals surface area contributed by atoms with Gasteiger partial charge in [0.05, 0.1) is 17.3 Å². The lowest BCUT2D eigenvalue weighted by Crippen LogP contribution is -1.98. The lowest BCUT2D eigenvalue weighted by molar-refractivity contribution is 0.305. The lowest BCUT2D eigenvalue weighted by Gasteiger charge is -2.07. The second-order valence-electron chi connectivity index (χ2n) is 3.78. The summed E-state index contributed by atoms with van der Waals surface area (Å²) in [6.45, 7) is 0.228. The van der Waals surface area contributed by atoms with Crippen LogP contribution in [-0.4, -0.2) is 0 Å². The number of nitrogen functional groups attached to an aromatic ring is 1. The number of anilines is 1. The molecule has 0 aliphatic carbocycles. The highest BCUT2D eigenvalue weighted by molar-refractivity contribution is 5.41. The van der Waals surface area contributed by atoms with Gasteiger partial charge in [0.1, 0.15) is 18.2 Å². The van der Waals surface area contributed by atoms with Crippen LogP contribution >= 0.6 is 0 Å². The number of benzene rings is 2. The van der Waals surface area contributed by atoms with E-state index < -0.39 is 5.82 Å². The van der Waals surface area contributed by atoms with Gasteiger partial charge in [0.15, 0.2) is 0 Å². The third kappa shape index (κ3) is 2.77. The lowest BCUT2D eigenvalue weighted by atomic mass is 10.2. The molecule has 0 unspecified atom stereocenters. The fourth-order valence-electron chi connectivity index (χ4n) is 1.48. The van der Waals surface area contributed by atoms with Gasteiger partial charge in [0.2, 0.25) is 0 Å². The maximum absolute atomic E-state index is 13.2. The van der Waals surface area contributed by atoms with Crippen LogP contribution in [0.2, 0.25) is 0 Å². The van der Waals surface area contributed by atoms with Crippen molar-refractivity contribution in [1.29, 1.82) is 5.26 Å². The van der Waals surface area contributed by atoms with Gasteiger partial charge in [-0.2, -0.15) is 5.26 Å². The van der Waals surface area contributed by atoms with E-state index in [4.69, 9.17) is 15.7 Å². The average Bonchev–Trinajstić information content (AvgIpc) is 2.40. The van der Waals surface area contributed by atoms with E-state index in [1.807, 2.05) is 6.07 Å². The second kappa shape index (κ2) is 5.19. The van der Waals surface area contributed by atoms with Crippen molar-refractivity contribution in [3.8, 4) is 11.8 Å². The number of ether oxygens (including phenoxy) is 1. The highest BCUT2D eigenvalue weighted by Gasteiger charge is 2.01. The Labute approximate surface area is 104 Å². The van der Waals surface area contributed by atoms with E-state index in [0.717, 1.165) is 0 Å². The number of nitrogens with zero attached hydrogens (tertiary/aromatic N) is 1. The molecule has 0 saturated heterocycles. The molecule has 90 valence electrons. The van der Waals surface area contributed by atoms with Crippen LogP contribution in [0.4, 0.5) is 10.1 Å². The first-order valence-electron chi connectivity index (χ1n) is 5.36. The van der Waals surface area contributed by atoms with E-state index in [1.165, 1.54) is 12.1 Å². The SMILES string of the molecule is N#Cc1cccc(OCc2ccc(N)c(F)c2)c1. The minimum Gasteiger partial charge on any atom is -0.489 e. The van der Waals surface area contributed by atoms with Gasteiger partial charge >= 0.3 is 0 Å². The van der Waals surface area contributed by atoms with Gasteiger partial charge < -0.3 is 10.5 Å². The third-order valence-corrected chi connectivity index (χ3v) is 2.43. The molecular formula is C14H11FN2O. The molecule has 0 saturated carbocycles. The minimum atomic E-state index is -0.457. The Morgan fingerprint density at radius 1 is 1.22 bits per heavy atom. The van der Waals surface area contributed by atoms with Crippen molar-refractivity contribution in [1.82, 2.24) is 0 Å². The van der Waals surface area contributed by atoms with Crippen molar-refractivity contribution in [3.05, 3.63) is 59.4 Å². The molecular weight excluding hydrogens is 231 g/mol. The van der Waals surface area contributed by atoms with Crippen LogP contribution in [-0.2, 0) is 6.61 Å². The largest absolute Gasteiger partial charge is 0.489 e. The Bertz CT molecular complexity index is 605. The number of nitrogens with two attached hydrogens (primary N) is 1. The van der Waals surface area contributed by atoms with Gasteiger partial charge in [-0.15, -0.1) is 0 Å². The Balaban J connectivity index is 2.07. The summed E-state index contributed by atoms with van der Waals surface area (Å²) in [6, 6.07) is 13.4. The molecule has 2 N–H and O–H groups in total. The van der Waals surface area contributed by atoms with Gasteiger partial charge in [-0.1, -0.05) is 12.1 Å². The summed E-state index contributed by atoms with van der Waals surface area (Å²) in [7, 11) is 0. The zero-order chi connectivity index (χ0) is 13.0. The fourth-order valence-corrected chi connectivity index (χ4v) is 1.48. The number of hydrogen-bond acceptors (Lipinski definition) is 3. The van der Waals surface area contributed by atoms with E-state index in [9.17, 15) is 4.39 Å². The molecule has 18 heavy (non-hydrogen) atoms. The molecule has 0 spiro atoms. The Morgan fingerprint density at radius 2 is 2.06 bits per heavy atom. The smallest absolute Gasteiger partial charge is 0.146 e. The summed E-state index contributed by atoms with van der Waals surface area (Å²) in [5.41, 5.74) is 6.71. The van der Waals surface area contributed by atoms with Crippen LogP contribution in [0, 0.1) is 17.1 Å². The predicted octanol–water partition coefficient (Wildman–Crippen LogP) is 2.86. The molecule has 0 atom stereocenters. The van der Waals surface area contributed by atoms with Crippen LogP contribution in [0.15, 0.2) is 42.5 Å².